The normalized spacial score (nSPS) is 10.8. The van der Waals surface area contributed by atoms with E-state index in [-0.39, 0.29) is 0 Å². The zero-order valence-electron chi connectivity index (χ0n) is 8.47. The van der Waals surface area contributed by atoms with Crippen molar-refractivity contribution >= 4 is 21.4 Å². The molecule has 0 bridgehead atoms. The molecule has 2 heterocycles. The van der Waals surface area contributed by atoms with Gasteiger partial charge in [-0.3, -0.25) is 4.40 Å². The maximum atomic E-state index is 4.45. The molecule has 78 valence electrons. The Morgan fingerprint density at radius 3 is 2.69 bits per heavy atom. The van der Waals surface area contributed by atoms with Crippen LogP contribution in [0.1, 0.15) is 0 Å². The molecule has 0 atom stereocenters. The lowest BCUT2D eigenvalue weighted by atomic mass is 10.2. The van der Waals surface area contributed by atoms with Gasteiger partial charge >= 0.3 is 0 Å². The molecule has 0 spiro atoms. The van der Waals surface area contributed by atoms with Crippen LogP contribution in [0.5, 0.6) is 0 Å². The van der Waals surface area contributed by atoms with Gasteiger partial charge in [-0.15, -0.1) is 0 Å². The Kier molecular flexibility index (Phi) is 2.26. The second-order valence-corrected chi connectivity index (χ2v) is 4.50. The van der Waals surface area contributed by atoms with Crippen LogP contribution in [0.2, 0.25) is 0 Å². The van der Waals surface area contributed by atoms with Crippen molar-refractivity contribution in [1.29, 1.82) is 0 Å². The highest BCUT2D eigenvalue weighted by Crippen LogP contribution is 2.21. The lowest BCUT2D eigenvalue weighted by Crippen LogP contribution is -1.88. The summed E-state index contributed by atoms with van der Waals surface area (Å²) in [6.07, 6.45) is 3.90. The molecule has 16 heavy (non-hydrogen) atoms. The molecule has 0 aliphatic carbocycles. The van der Waals surface area contributed by atoms with E-state index >= 15 is 0 Å². The van der Waals surface area contributed by atoms with Gasteiger partial charge < -0.3 is 0 Å². The van der Waals surface area contributed by atoms with Crippen molar-refractivity contribution in [3.63, 3.8) is 0 Å². The highest BCUT2D eigenvalue weighted by Gasteiger charge is 2.05. The van der Waals surface area contributed by atoms with Crippen molar-refractivity contribution in [3.8, 4) is 11.4 Å². The van der Waals surface area contributed by atoms with Crippen LogP contribution < -0.4 is 0 Å². The third-order valence-corrected chi connectivity index (χ3v) is 3.02. The molecular weight excluding hydrogens is 264 g/mol. The van der Waals surface area contributed by atoms with E-state index in [9.17, 15) is 0 Å². The minimum atomic E-state index is 0.975. The van der Waals surface area contributed by atoms with Crippen molar-refractivity contribution in [3.05, 3.63) is 59.3 Å². The monoisotopic (exact) mass is 272 g/mol. The molecule has 0 saturated heterocycles. The highest BCUT2D eigenvalue weighted by molar-refractivity contribution is 9.10. The zero-order valence-corrected chi connectivity index (χ0v) is 10.1. The largest absolute Gasteiger partial charge is 0.300 e. The highest BCUT2D eigenvalue weighted by atomic mass is 79.9. The molecule has 0 N–H and O–H groups in total. The Balaban J connectivity index is 2.26. The summed E-state index contributed by atoms with van der Waals surface area (Å²) in [6.45, 7) is 0. The van der Waals surface area contributed by atoms with Gasteiger partial charge in [0.25, 0.3) is 0 Å². The molecule has 3 aromatic rings. The lowest BCUT2D eigenvalue weighted by molar-refractivity contribution is 1.16. The van der Waals surface area contributed by atoms with E-state index in [1.165, 1.54) is 0 Å². The fourth-order valence-electron chi connectivity index (χ4n) is 1.77. The molecule has 0 saturated carbocycles. The summed E-state index contributed by atoms with van der Waals surface area (Å²) in [6, 6.07) is 14.3. The van der Waals surface area contributed by atoms with Crippen molar-refractivity contribution in [2.45, 2.75) is 0 Å². The third kappa shape index (κ3) is 1.53. The summed E-state index contributed by atoms with van der Waals surface area (Å²) >= 11 is 3.46. The molecule has 0 unspecified atom stereocenters. The van der Waals surface area contributed by atoms with E-state index in [2.05, 4.69) is 43.5 Å². The van der Waals surface area contributed by atoms with Crippen LogP contribution in [-0.4, -0.2) is 9.38 Å². The maximum Gasteiger partial charge on any atom is 0.144 e. The number of rotatable bonds is 1. The van der Waals surface area contributed by atoms with Crippen molar-refractivity contribution < 1.29 is 0 Å². The molecule has 0 aliphatic rings. The summed E-state index contributed by atoms with van der Waals surface area (Å²) in [5.74, 6) is 0.975. The zero-order chi connectivity index (χ0) is 11.0. The van der Waals surface area contributed by atoms with Crippen molar-refractivity contribution in [2.75, 3.05) is 0 Å². The summed E-state index contributed by atoms with van der Waals surface area (Å²) in [4.78, 5) is 4.45. The van der Waals surface area contributed by atoms with E-state index in [0.29, 0.717) is 0 Å². The van der Waals surface area contributed by atoms with Crippen LogP contribution in [0.3, 0.4) is 0 Å². The first kappa shape index (κ1) is 9.60. The quantitative estimate of drug-likeness (QED) is 0.659. The number of halogens is 1. The summed E-state index contributed by atoms with van der Waals surface area (Å²) in [5.41, 5.74) is 2.22. The minimum absolute atomic E-state index is 0.975. The van der Waals surface area contributed by atoms with Gasteiger partial charge in [-0.25, -0.2) is 4.98 Å². The van der Waals surface area contributed by atoms with E-state index < -0.39 is 0 Å². The Morgan fingerprint density at radius 1 is 1.06 bits per heavy atom. The first-order chi connectivity index (χ1) is 7.84. The Morgan fingerprint density at radius 2 is 1.88 bits per heavy atom. The molecular formula is C13H9BrN2. The number of hydrogen-bond donors (Lipinski definition) is 0. The van der Waals surface area contributed by atoms with Crippen molar-refractivity contribution in [1.82, 2.24) is 9.38 Å². The molecule has 0 aliphatic heterocycles. The number of pyridine rings is 1. The van der Waals surface area contributed by atoms with Gasteiger partial charge in [0.15, 0.2) is 0 Å². The molecule has 3 rings (SSSR count). The molecule has 0 amide bonds. The van der Waals surface area contributed by atoms with Gasteiger partial charge in [0, 0.05) is 16.2 Å². The predicted octanol–water partition coefficient (Wildman–Crippen LogP) is 3.76. The number of fused-ring (bicyclic) bond motifs is 1. The number of benzene rings is 1. The molecule has 0 fully saturated rings. The lowest BCUT2D eigenvalue weighted by Gasteiger charge is -2.01. The van der Waals surface area contributed by atoms with Crippen LogP contribution in [0.25, 0.3) is 16.9 Å². The smallest absolute Gasteiger partial charge is 0.144 e. The molecule has 0 radical (unpaired) electrons. The SMILES string of the molecule is Brc1ccn2c(-c3ccccc3)ncc2c1. The van der Waals surface area contributed by atoms with Crippen molar-refractivity contribution in [2.24, 2.45) is 0 Å². The molecule has 2 aromatic heterocycles. The van der Waals surface area contributed by atoms with E-state index in [0.717, 1.165) is 21.4 Å². The van der Waals surface area contributed by atoms with E-state index in [1.807, 2.05) is 36.7 Å². The maximum absolute atomic E-state index is 4.45. The minimum Gasteiger partial charge on any atom is -0.300 e. The summed E-state index contributed by atoms with van der Waals surface area (Å²) < 4.78 is 3.15. The fourth-order valence-corrected chi connectivity index (χ4v) is 2.13. The van der Waals surface area contributed by atoms with Crippen LogP contribution in [0.15, 0.2) is 59.3 Å². The van der Waals surface area contributed by atoms with Gasteiger partial charge in [0.2, 0.25) is 0 Å². The van der Waals surface area contributed by atoms with Gasteiger partial charge in [-0.05, 0) is 12.1 Å². The number of imidazole rings is 1. The summed E-state index contributed by atoms with van der Waals surface area (Å²) in [5, 5.41) is 0. The standard InChI is InChI=1S/C13H9BrN2/c14-11-6-7-16-12(8-11)9-15-13(16)10-4-2-1-3-5-10/h1-9H. The van der Waals surface area contributed by atoms with E-state index in [4.69, 9.17) is 0 Å². The average molecular weight is 273 g/mol. The van der Waals surface area contributed by atoms with Crippen LogP contribution in [0, 0.1) is 0 Å². The van der Waals surface area contributed by atoms with Crippen LogP contribution in [-0.2, 0) is 0 Å². The molecule has 1 aromatic carbocycles. The number of hydrogen-bond acceptors (Lipinski definition) is 1. The van der Waals surface area contributed by atoms with E-state index in [1.54, 1.807) is 0 Å². The third-order valence-electron chi connectivity index (χ3n) is 2.53. The fraction of sp³-hybridized carbons (Fsp3) is 0. The second-order valence-electron chi connectivity index (χ2n) is 3.59. The van der Waals surface area contributed by atoms with Gasteiger partial charge in [0.1, 0.15) is 5.82 Å². The molecule has 3 heteroatoms. The van der Waals surface area contributed by atoms with Gasteiger partial charge in [-0.2, -0.15) is 0 Å². The predicted molar refractivity (Wildman–Crippen MR) is 68.3 cm³/mol. The average Bonchev–Trinajstić information content (AvgIpc) is 2.73. The second kappa shape index (κ2) is 3.76. The van der Waals surface area contributed by atoms with Crippen LogP contribution >= 0.6 is 15.9 Å². The Hall–Kier alpha value is -1.61. The summed E-state index contributed by atoms with van der Waals surface area (Å²) in [7, 11) is 0. The Labute approximate surface area is 102 Å². The first-order valence-corrected chi connectivity index (χ1v) is 5.82. The topological polar surface area (TPSA) is 17.3 Å². The van der Waals surface area contributed by atoms with Gasteiger partial charge in [0.05, 0.1) is 11.7 Å². The Bertz CT molecular complexity index is 629. The van der Waals surface area contributed by atoms with Crippen LogP contribution in [0.4, 0.5) is 0 Å². The number of nitrogens with zero attached hydrogens (tertiary/aromatic N) is 2. The molecule has 2 nitrogen and oxygen atoms in total. The van der Waals surface area contributed by atoms with Gasteiger partial charge in [-0.1, -0.05) is 46.3 Å². The first-order valence-electron chi connectivity index (χ1n) is 5.02. The number of aromatic nitrogens is 2.